The summed E-state index contributed by atoms with van der Waals surface area (Å²) in [4.78, 5) is 37.3. The fourth-order valence-corrected chi connectivity index (χ4v) is 3.67. The molecular formula is C17H24N4O4S. The minimum atomic E-state index is -1.09. The highest BCUT2D eigenvalue weighted by Crippen LogP contribution is 2.27. The average Bonchev–Trinajstić information content (AvgIpc) is 3.08. The number of aryl methyl sites for hydroxylation is 2. The Bertz CT molecular complexity index is 805. The molecule has 0 radical (unpaired) electrons. The molecule has 0 aliphatic heterocycles. The van der Waals surface area contributed by atoms with Gasteiger partial charge in [0, 0.05) is 12.4 Å². The molecule has 142 valence electrons. The smallest absolute Gasteiger partial charge is 0.326 e. The number of fused-ring (bicyclic) bond motifs is 1. The Morgan fingerprint density at radius 3 is 2.46 bits per heavy atom. The van der Waals surface area contributed by atoms with Crippen LogP contribution in [0.5, 0.6) is 0 Å². The summed E-state index contributed by atoms with van der Waals surface area (Å²) < 4.78 is 1.71. The Labute approximate surface area is 155 Å². The molecule has 0 bridgehead atoms. The summed E-state index contributed by atoms with van der Waals surface area (Å²) >= 11 is 1.30. The van der Waals surface area contributed by atoms with Crippen molar-refractivity contribution in [2.45, 2.75) is 46.2 Å². The van der Waals surface area contributed by atoms with E-state index in [1.54, 1.807) is 10.7 Å². The number of carboxylic acids is 1. The number of carbonyl (C=O) groups is 3. The van der Waals surface area contributed by atoms with E-state index in [4.69, 9.17) is 0 Å². The number of aliphatic carboxylic acids is 1. The molecule has 26 heavy (non-hydrogen) atoms. The third-order valence-corrected chi connectivity index (χ3v) is 5.18. The molecule has 0 aliphatic rings. The van der Waals surface area contributed by atoms with Crippen molar-refractivity contribution in [1.82, 2.24) is 20.4 Å². The molecular weight excluding hydrogens is 356 g/mol. The van der Waals surface area contributed by atoms with E-state index in [9.17, 15) is 19.5 Å². The molecule has 2 rings (SSSR count). The zero-order valence-electron chi connectivity index (χ0n) is 15.5. The van der Waals surface area contributed by atoms with Gasteiger partial charge < -0.3 is 15.7 Å². The fourth-order valence-electron chi connectivity index (χ4n) is 2.64. The quantitative estimate of drug-likeness (QED) is 0.676. The molecule has 2 atom stereocenters. The molecule has 0 fully saturated rings. The minimum absolute atomic E-state index is 0.122. The van der Waals surface area contributed by atoms with E-state index in [1.165, 1.54) is 18.3 Å². The fraction of sp³-hybridized carbons (Fsp3) is 0.529. The topological polar surface area (TPSA) is 113 Å². The minimum Gasteiger partial charge on any atom is -0.480 e. The second-order valence-corrected chi connectivity index (χ2v) is 7.79. The Morgan fingerprint density at radius 1 is 1.27 bits per heavy atom. The van der Waals surface area contributed by atoms with Gasteiger partial charge in [-0.3, -0.25) is 14.3 Å². The highest BCUT2D eigenvalue weighted by Gasteiger charge is 2.25. The maximum Gasteiger partial charge on any atom is 0.326 e. The first-order chi connectivity index (χ1) is 12.1. The summed E-state index contributed by atoms with van der Waals surface area (Å²) in [5, 5.41) is 19.5. The maximum atomic E-state index is 12.4. The Balaban J connectivity index is 2.03. The van der Waals surface area contributed by atoms with Crippen LogP contribution in [0.4, 0.5) is 0 Å². The molecule has 0 saturated carbocycles. The number of nitrogens with one attached hydrogen (secondary N) is 2. The number of carboxylic acid groups (broad SMARTS) is 1. The van der Waals surface area contributed by atoms with Crippen LogP contribution >= 0.6 is 11.3 Å². The van der Waals surface area contributed by atoms with E-state index in [0.29, 0.717) is 11.3 Å². The second kappa shape index (κ2) is 7.86. The molecule has 1 unspecified atom stereocenters. The summed E-state index contributed by atoms with van der Waals surface area (Å²) in [6.45, 7) is 7.16. The van der Waals surface area contributed by atoms with Gasteiger partial charge in [-0.25, -0.2) is 4.79 Å². The van der Waals surface area contributed by atoms with E-state index in [0.717, 1.165) is 15.9 Å². The SMILES string of the molecule is Cc1nn(C)c2sc(C(=O)NC(C)C(=O)N[C@@H](CC(C)C)C(=O)O)cc12. The summed E-state index contributed by atoms with van der Waals surface area (Å²) in [5.74, 6) is -1.86. The van der Waals surface area contributed by atoms with Crippen molar-refractivity contribution in [2.75, 3.05) is 0 Å². The molecule has 0 aromatic carbocycles. The second-order valence-electron chi connectivity index (χ2n) is 6.76. The Morgan fingerprint density at radius 2 is 1.92 bits per heavy atom. The van der Waals surface area contributed by atoms with E-state index in [1.807, 2.05) is 27.8 Å². The van der Waals surface area contributed by atoms with Crippen LogP contribution in [0, 0.1) is 12.8 Å². The lowest BCUT2D eigenvalue weighted by atomic mass is 10.0. The number of nitrogens with zero attached hydrogens (tertiary/aromatic N) is 2. The van der Waals surface area contributed by atoms with E-state index in [2.05, 4.69) is 15.7 Å². The van der Waals surface area contributed by atoms with Crippen LogP contribution < -0.4 is 10.6 Å². The number of amides is 2. The summed E-state index contributed by atoms with van der Waals surface area (Å²) in [7, 11) is 1.81. The average molecular weight is 380 g/mol. The lowest BCUT2D eigenvalue weighted by molar-refractivity contribution is -0.142. The molecule has 2 amide bonds. The van der Waals surface area contributed by atoms with Gasteiger partial charge in [0.15, 0.2) is 0 Å². The van der Waals surface area contributed by atoms with Crippen LogP contribution in [-0.2, 0) is 16.6 Å². The van der Waals surface area contributed by atoms with Crippen LogP contribution in [0.1, 0.15) is 42.6 Å². The number of hydrogen-bond acceptors (Lipinski definition) is 5. The van der Waals surface area contributed by atoms with Gasteiger partial charge >= 0.3 is 5.97 Å². The molecule has 8 nitrogen and oxygen atoms in total. The Kier molecular flexibility index (Phi) is 6.01. The first-order valence-electron chi connectivity index (χ1n) is 8.37. The third-order valence-electron chi connectivity index (χ3n) is 3.98. The maximum absolute atomic E-state index is 12.4. The lowest BCUT2D eigenvalue weighted by Crippen LogP contribution is -2.50. The molecule has 2 heterocycles. The summed E-state index contributed by atoms with van der Waals surface area (Å²) in [6, 6.07) is -0.0676. The van der Waals surface area contributed by atoms with E-state index >= 15 is 0 Å². The van der Waals surface area contributed by atoms with Crippen molar-refractivity contribution in [3.8, 4) is 0 Å². The van der Waals surface area contributed by atoms with Crippen molar-refractivity contribution in [2.24, 2.45) is 13.0 Å². The Hall–Kier alpha value is -2.42. The van der Waals surface area contributed by atoms with Crippen LogP contribution in [-0.4, -0.2) is 44.8 Å². The van der Waals surface area contributed by atoms with Crippen molar-refractivity contribution in [1.29, 1.82) is 0 Å². The summed E-state index contributed by atoms with van der Waals surface area (Å²) in [6.07, 6.45) is 0.324. The largest absolute Gasteiger partial charge is 0.480 e. The van der Waals surface area contributed by atoms with Gasteiger partial charge in [0.1, 0.15) is 16.9 Å². The van der Waals surface area contributed by atoms with Crippen molar-refractivity contribution in [3.05, 3.63) is 16.6 Å². The number of hydrogen-bond donors (Lipinski definition) is 3. The first-order valence-corrected chi connectivity index (χ1v) is 9.19. The molecule has 9 heteroatoms. The highest BCUT2D eigenvalue weighted by molar-refractivity contribution is 7.20. The van der Waals surface area contributed by atoms with Gasteiger partial charge in [-0.2, -0.15) is 5.10 Å². The standard InChI is InChI=1S/C17H24N4O4S/c1-8(2)6-12(17(24)25)19-14(22)10(4)18-15(23)13-7-11-9(3)20-21(5)16(11)26-13/h7-8,10,12H,6H2,1-5H3,(H,18,23)(H,19,22)(H,24,25)/t10?,12-/m0/s1. The van der Waals surface area contributed by atoms with Gasteiger partial charge in [-0.1, -0.05) is 13.8 Å². The van der Waals surface area contributed by atoms with Crippen LogP contribution in [0.2, 0.25) is 0 Å². The molecule has 2 aromatic rings. The van der Waals surface area contributed by atoms with Gasteiger partial charge in [0.2, 0.25) is 5.91 Å². The molecule has 0 saturated heterocycles. The first kappa shape index (κ1) is 19.9. The van der Waals surface area contributed by atoms with Crippen molar-refractivity contribution >= 4 is 39.3 Å². The summed E-state index contributed by atoms with van der Waals surface area (Å²) in [5.41, 5.74) is 0.835. The number of carbonyl (C=O) groups excluding carboxylic acids is 2. The van der Waals surface area contributed by atoms with Crippen molar-refractivity contribution in [3.63, 3.8) is 0 Å². The zero-order chi connectivity index (χ0) is 19.6. The zero-order valence-corrected chi connectivity index (χ0v) is 16.3. The molecule has 0 spiro atoms. The van der Waals surface area contributed by atoms with Gasteiger partial charge in [-0.05, 0) is 32.3 Å². The molecule has 3 N–H and O–H groups in total. The number of aromatic nitrogens is 2. The van der Waals surface area contributed by atoms with Crippen LogP contribution in [0.15, 0.2) is 6.07 Å². The predicted molar refractivity (Wildman–Crippen MR) is 99.3 cm³/mol. The highest BCUT2D eigenvalue weighted by atomic mass is 32.1. The van der Waals surface area contributed by atoms with E-state index < -0.39 is 24.0 Å². The van der Waals surface area contributed by atoms with Gasteiger partial charge in [0.05, 0.1) is 10.6 Å². The lowest BCUT2D eigenvalue weighted by Gasteiger charge is -2.19. The normalized spacial score (nSPS) is 13.6. The van der Waals surface area contributed by atoms with Gasteiger partial charge in [0.25, 0.3) is 5.91 Å². The van der Waals surface area contributed by atoms with Crippen LogP contribution in [0.3, 0.4) is 0 Å². The number of thiophene rings is 1. The third kappa shape index (κ3) is 4.40. The van der Waals surface area contributed by atoms with Gasteiger partial charge in [-0.15, -0.1) is 11.3 Å². The van der Waals surface area contributed by atoms with E-state index in [-0.39, 0.29) is 11.8 Å². The molecule has 2 aromatic heterocycles. The van der Waals surface area contributed by atoms with Crippen molar-refractivity contribution < 1.29 is 19.5 Å². The molecule has 0 aliphatic carbocycles. The van der Waals surface area contributed by atoms with Crippen LogP contribution in [0.25, 0.3) is 10.2 Å². The monoisotopic (exact) mass is 380 g/mol. The predicted octanol–water partition coefficient (Wildman–Crippen LogP) is 1.68. The number of rotatable bonds is 7.